The SMILES string of the molecule is CCS(=O)(=O)Nc1cc(Nc2nc(Nc3ccc(N4CCN(C)CC4)cc3)ncc2C)ccc1C. The van der Waals surface area contributed by atoms with Gasteiger partial charge in [-0.05, 0) is 69.8 Å². The summed E-state index contributed by atoms with van der Waals surface area (Å²) >= 11 is 0. The standard InChI is InChI=1S/C25H33N7O2S/c1-5-35(33,34)30-23-16-21(7-6-18(23)2)27-24-19(3)17-26-25(29-24)28-20-8-10-22(11-9-20)32-14-12-31(4)13-15-32/h6-11,16-17,30H,5,12-15H2,1-4H3,(H2,26,27,28,29). The van der Waals surface area contributed by atoms with Gasteiger partial charge in [-0.15, -0.1) is 0 Å². The van der Waals surface area contributed by atoms with E-state index >= 15 is 0 Å². The van der Waals surface area contributed by atoms with Crippen LogP contribution in [0, 0.1) is 13.8 Å². The minimum atomic E-state index is -3.37. The van der Waals surface area contributed by atoms with E-state index in [4.69, 9.17) is 0 Å². The molecule has 9 nitrogen and oxygen atoms in total. The van der Waals surface area contributed by atoms with Gasteiger partial charge in [0.2, 0.25) is 16.0 Å². The van der Waals surface area contributed by atoms with Crippen LogP contribution in [0.2, 0.25) is 0 Å². The van der Waals surface area contributed by atoms with Crippen LogP contribution in [0.4, 0.5) is 34.5 Å². The Hall–Kier alpha value is -3.37. The van der Waals surface area contributed by atoms with E-state index in [1.165, 1.54) is 5.69 Å². The van der Waals surface area contributed by atoms with Crippen LogP contribution in [0.25, 0.3) is 0 Å². The van der Waals surface area contributed by atoms with E-state index in [1.807, 2.05) is 38.1 Å². The van der Waals surface area contributed by atoms with Gasteiger partial charge in [-0.3, -0.25) is 4.72 Å². The zero-order valence-electron chi connectivity index (χ0n) is 20.7. The van der Waals surface area contributed by atoms with Gasteiger partial charge in [-0.25, -0.2) is 13.4 Å². The van der Waals surface area contributed by atoms with Crippen molar-refractivity contribution in [3.05, 3.63) is 59.8 Å². The van der Waals surface area contributed by atoms with Crippen LogP contribution in [-0.4, -0.2) is 62.3 Å². The van der Waals surface area contributed by atoms with Crippen molar-refractivity contribution < 1.29 is 8.42 Å². The molecular formula is C25H33N7O2S. The summed E-state index contributed by atoms with van der Waals surface area (Å²) in [4.78, 5) is 13.8. The van der Waals surface area contributed by atoms with Crippen molar-refractivity contribution in [3.8, 4) is 0 Å². The van der Waals surface area contributed by atoms with Gasteiger partial charge in [0.25, 0.3) is 0 Å². The summed E-state index contributed by atoms with van der Waals surface area (Å²) in [6, 6.07) is 13.8. The molecule has 186 valence electrons. The van der Waals surface area contributed by atoms with Gasteiger partial charge in [0.1, 0.15) is 5.82 Å². The Bertz CT molecular complexity index is 1270. The summed E-state index contributed by atoms with van der Waals surface area (Å²) in [5.41, 5.74) is 5.11. The maximum absolute atomic E-state index is 12.0. The normalized spacial score (nSPS) is 14.6. The predicted octanol–water partition coefficient (Wildman–Crippen LogP) is 4.09. The van der Waals surface area contributed by atoms with Crippen LogP contribution in [0.1, 0.15) is 18.1 Å². The first kappa shape index (κ1) is 24.7. The molecule has 0 unspecified atom stereocenters. The zero-order chi connectivity index (χ0) is 25.0. The molecule has 35 heavy (non-hydrogen) atoms. The first-order valence-electron chi connectivity index (χ1n) is 11.7. The molecule has 4 rings (SSSR count). The number of likely N-dealkylation sites (N-methyl/N-ethyl adjacent to an activating group) is 1. The molecule has 0 aliphatic carbocycles. The van der Waals surface area contributed by atoms with Crippen LogP contribution in [0.5, 0.6) is 0 Å². The van der Waals surface area contributed by atoms with E-state index < -0.39 is 10.0 Å². The smallest absolute Gasteiger partial charge is 0.232 e. The molecule has 3 aromatic rings. The summed E-state index contributed by atoms with van der Waals surface area (Å²) in [6.45, 7) is 9.59. The lowest BCUT2D eigenvalue weighted by Crippen LogP contribution is -2.44. The molecule has 0 bridgehead atoms. The molecule has 0 spiro atoms. The van der Waals surface area contributed by atoms with Gasteiger partial charge in [-0.1, -0.05) is 6.07 Å². The number of nitrogens with one attached hydrogen (secondary N) is 3. The average molecular weight is 496 g/mol. The zero-order valence-corrected chi connectivity index (χ0v) is 21.5. The summed E-state index contributed by atoms with van der Waals surface area (Å²) in [7, 11) is -1.21. The maximum Gasteiger partial charge on any atom is 0.232 e. The molecule has 0 saturated carbocycles. The Morgan fingerprint density at radius 3 is 2.29 bits per heavy atom. The van der Waals surface area contributed by atoms with E-state index in [1.54, 1.807) is 19.2 Å². The Morgan fingerprint density at radius 2 is 1.60 bits per heavy atom. The third-order valence-electron chi connectivity index (χ3n) is 6.11. The van der Waals surface area contributed by atoms with Crippen LogP contribution in [0.15, 0.2) is 48.7 Å². The summed E-state index contributed by atoms with van der Waals surface area (Å²) < 4.78 is 26.7. The molecule has 1 aromatic heterocycles. The summed E-state index contributed by atoms with van der Waals surface area (Å²) in [6.07, 6.45) is 1.76. The topological polar surface area (TPSA) is 102 Å². The monoisotopic (exact) mass is 495 g/mol. The number of benzene rings is 2. The minimum absolute atomic E-state index is 0.0144. The number of sulfonamides is 1. The maximum atomic E-state index is 12.0. The van der Waals surface area contributed by atoms with Gasteiger partial charge in [0.05, 0.1) is 11.4 Å². The summed E-state index contributed by atoms with van der Waals surface area (Å²) in [5.74, 6) is 1.13. The summed E-state index contributed by atoms with van der Waals surface area (Å²) in [5, 5.41) is 6.56. The number of rotatable bonds is 8. The highest BCUT2D eigenvalue weighted by molar-refractivity contribution is 7.92. The van der Waals surface area contributed by atoms with Crippen LogP contribution in [0.3, 0.4) is 0 Å². The van der Waals surface area contributed by atoms with Gasteiger partial charge < -0.3 is 20.4 Å². The molecule has 1 fully saturated rings. The molecule has 1 aliphatic rings. The van der Waals surface area contributed by atoms with Crippen molar-refractivity contribution >= 4 is 44.5 Å². The van der Waals surface area contributed by atoms with Crippen molar-refractivity contribution in [1.82, 2.24) is 14.9 Å². The molecule has 0 amide bonds. The lowest BCUT2D eigenvalue weighted by Gasteiger charge is -2.34. The fourth-order valence-electron chi connectivity index (χ4n) is 3.76. The average Bonchev–Trinajstić information content (AvgIpc) is 2.84. The first-order valence-corrected chi connectivity index (χ1v) is 13.4. The highest BCUT2D eigenvalue weighted by atomic mass is 32.2. The number of hydrogen-bond acceptors (Lipinski definition) is 8. The molecule has 1 saturated heterocycles. The van der Waals surface area contributed by atoms with Crippen LogP contribution < -0.4 is 20.3 Å². The molecule has 0 radical (unpaired) electrons. The number of anilines is 6. The highest BCUT2D eigenvalue weighted by Gasteiger charge is 2.14. The number of nitrogens with zero attached hydrogens (tertiary/aromatic N) is 4. The third kappa shape index (κ3) is 6.40. The van der Waals surface area contributed by atoms with Crippen molar-refractivity contribution in [2.45, 2.75) is 20.8 Å². The number of hydrogen-bond donors (Lipinski definition) is 3. The second-order valence-corrected chi connectivity index (χ2v) is 10.9. The first-order chi connectivity index (χ1) is 16.7. The van der Waals surface area contributed by atoms with E-state index in [2.05, 4.69) is 54.3 Å². The largest absolute Gasteiger partial charge is 0.369 e. The highest BCUT2D eigenvalue weighted by Crippen LogP contribution is 2.26. The van der Waals surface area contributed by atoms with Gasteiger partial charge in [-0.2, -0.15) is 4.98 Å². The molecular weight excluding hydrogens is 462 g/mol. The molecule has 0 atom stereocenters. The predicted molar refractivity (Wildman–Crippen MR) is 144 cm³/mol. The Kier molecular flexibility index (Phi) is 7.42. The van der Waals surface area contributed by atoms with Crippen LogP contribution >= 0.6 is 0 Å². The Balaban J connectivity index is 1.47. The molecule has 10 heteroatoms. The lowest BCUT2D eigenvalue weighted by molar-refractivity contribution is 0.313. The number of piperazine rings is 1. The molecule has 2 heterocycles. The van der Waals surface area contributed by atoms with Gasteiger partial charge in [0, 0.05) is 55.0 Å². The molecule has 2 aromatic carbocycles. The number of aryl methyl sites for hydroxylation is 2. The van der Waals surface area contributed by atoms with Crippen molar-refractivity contribution in [1.29, 1.82) is 0 Å². The molecule has 3 N–H and O–H groups in total. The second-order valence-electron chi connectivity index (χ2n) is 8.85. The molecule has 1 aliphatic heterocycles. The quantitative estimate of drug-likeness (QED) is 0.429. The van der Waals surface area contributed by atoms with E-state index in [-0.39, 0.29) is 5.75 Å². The Morgan fingerprint density at radius 1 is 0.914 bits per heavy atom. The van der Waals surface area contributed by atoms with E-state index in [0.717, 1.165) is 48.7 Å². The van der Waals surface area contributed by atoms with E-state index in [9.17, 15) is 8.42 Å². The fourth-order valence-corrected chi connectivity index (χ4v) is 4.46. The third-order valence-corrected chi connectivity index (χ3v) is 7.40. The lowest BCUT2D eigenvalue weighted by atomic mass is 10.2. The fraction of sp³-hybridized carbons (Fsp3) is 0.360. The van der Waals surface area contributed by atoms with E-state index in [0.29, 0.717) is 17.5 Å². The van der Waals surface area contributed by atoms with Crippen LogP contribution in [-0.2, 0) is 10.0 Å². The van der Waals surface area contributed by atoms with Crippen molar-refractivity contribution in [2.75, 3.05) is 59.2 Å². The van der Waals surface area contributed by atoms with Crippen molar-refractivity contribution in [3.63, 3.8) is 0 Å². The van der Waals surface area contributed by atoms with Gasteiger partial charge >= 0.3 is 0 Å². The van der Waals surface area contributed by atoms with Gasteiger partial charge in [0.15, 0.2) is 0 Å². The van der Waals surface area contributed by atoms with Crippen molar-refractivity contribution in [2.24, 2.45) is 0 Å². The second kappa shape index (κ2) is 10.5. The number of aromatic nitrogens is 2. The Labute approximate surface area is 207 Å². The minimum Gasteiger partial charge on any atom is -0.369 e.